The van der Waals surface area contributed by atoms with E-state index in [1.165, 1.54) is 16.7 Å². The van der Waals surface area contributed by atoms with Gasteiger partial charge in [0.25, 0.3) is 0 Å². The normalized spacial score (nSPS) is 10.4. The first kappa shape index (κ1) is 17.1. The van der Waals surface area contributed by atoms with Gasteiger partial charge in [-0.2, -0.15) is 0 Å². The molecule has 0 amide bonds. The molecule has 3 heteroatoms. The van der Waals surface area contributed by atoms with E-state index < -0.39 is 0 Å². The van der Waals surface area contributed by atoms with Crippen LogP contribution in [0.4, 0.5) is 0 Å². The van der Waals surface area contributed by atoms with Crippen molar-refractivity contribution in [3.05, 3.63) is 95.6 Å². The largest absolute Gasteiger partial charge is 0.497 e. The van der Waals surface area contributed by atoms with Crippen LogP contribution in [0.25, 0.3) is 0 Å². The second kappa shape index (κ2) is 8.90. The van der Waals surface area contributed by atoms with Crippen molar-refractivity contribution >= 4 is 0 Å². The monoisotopic (exact) mass is 334 g/mol. The Hall–Kier alpha value is -2.78. The van der Waals surface area contributed by atoms with E-state index in [0.717, 1.165) is 24.6 Å². The van der Waals surface area contributed by atoms with Crippen LogP contribution in [0.3, 0.4) is 0 Å². The van der Waals surface area contributed by atoms with Crippen LogP contribution in [0.5, 0.6) is 11.5 Å². The molecule has 0 heterocycles. The molecule has 0 aliphatic heterocycles. The molecule has 2 N–H and O–H groups in total. The summed E-state index contributed by atoms with van der Waals surface area (Å²) in [4.78, 5) is 0. The number of para-hydroxylation sites is 1. The lowest BCUT2D eigenvalue weighted by atomic mass is 10.1. The summed E-state index contributed by atoms with van der Waals surface area (Å²) in [5, 5.41) is 2.28. The summed E-state index contributed by atoms with van der Waals surface area (Å²) in [6.07, 6.45) is 0. The van der Waals surface area contributed by atoms with Crippen LogP contribution in [0.2, 0.25) is 0 Å². The highest BCUT2D eigenvalue weighted by atomic mass is 16.5. The Labute approximate surface area is 149 Å². The fourth-order valence-electron chi connectivity index (χ4n) is 2.70. The summed E-state index contributed by atoms with van der Waals surface area (Å²) in [5.74, 6) is 1.85. The third-order valence-electron chi connectivity index (χ3n) is 4.11. The van der Waals surface area contributed by atoms with Gasteiger partial charge >= 0.3 is 0 Å². The molecule has 25 heavy (non-hydrogen) atoms. The zero-order chi connectivity index (χ0) is 17.3. The van der Waals surface area contributed by atoms with E-state index in [1.54, 1.807) is 7.11 Å². The molecule has 128 valence electrons. The highest BCUT2D eigenvalue weighted by Crippen LogP contribution is 2.18. The average molecular weight is 334 g/mol. The fraction of sp³-hybridized carbons (Fsp3) is 0.182. The minimum absolute atomic E-state index is 0.594. The van der Waals surface area contributed by atoms with Crippen molar-refractivity contribution in [1.82, 2.24) is 0 Å². The van der Waals surface area contributed by atoms with Crippen molar-refractivity contribution in [2.45, 2.75) is 19.7 Å². The highest BCUT2D eigenvalue weighted by Gasteiger charge is 2.06. The highest BCUT2D eigenvalue weighted by molar-refractivity contribution is 5.33. The van der Waals surface area contributed by atoms with E-state index in [2.05, 4.69) is 41.7 Å². The standard InChI is InChI=1S/C22H23NO2/c1-24-21-13-11-18(12-14-21)15-23-16-20-9-5-6-10-22(20)25-17-19-7-3-2-4-8-19/h2-14,23H,15-17H2,1H3/p+1. The quantitative estimate of drug-likeness (QED) is 0.684. The third kappa shape index (κ3) is 5.10. The maximum absolute atomic E-state index is 6.02. The van der Waals surface area contributed by atoms with Gasteiger partial charge in [-0.05, 0) is 42.0 Å². The SMILES string of the molecule is COc1ccc(C[NH2+]Cc2ccccc2OCc2ccccc2)cc1. The Bertz CT molecular complexity index is 770. The molecular weight excluding hydrogens is 310 g/mol. The second-order valence-electron chi connectivity index (χ2n) is 5.93. The summed E-state index contributed by atoms with van der Waals surface area (Å²) >= 11 is 0. The van der Waals surface area contributed by atoms with Crippen LogP contribution in [0.1, 0.15) is 16.7 Å². The topological polar surface area (TPSA) is 35.1 Å². The summed E-state index contributed by atoms with van der Waals surface area (Å²) in [6, 6.07) is 26.7. The molecule has 0 aliphatic carbocycles. The van der Waals surface area contributed by atoms with Crippen molar-refractivity contribution in [2.24, 2.45) is 0 Å². The molecule has 0 unspecified atom stereocenters. The van der Waals surface area contributed by atoms with Gasteiger partial charge in [0.15, 0.2) is 0 Å². The molecule has 0 saturated heterocycles. The predicted molar refractivity (Wildman–Crippen MR) is 99.5 cm³/mol. The molecule has 3 rings (SSSR count). The number of benzene rings is 3. The zero-order valence-corrected chi connectivity index (χ0v) is 14.5. The maximum Gasteiger partial charge on any atom is 0.128 e. The first-order valence-electron chi connectivity index (χ1n) is 8.54. The molecular formula is C22H24NO2+. The lowest BCUT2D eigenvalue weighted by Crippen LogP contribution is -2.80. The molecule has 0 fully saturated rings. The number of hydrogen-bond acceptors (Lipinski definition) is 2. The van der Waals surface area contributed by atoms with E-state index in [-0.39, 0.29) is 0 Å². The van der Waals surface area contributed by atoms with E-state index in [9.17, 15) is 0 Å². The molecule has 0 bridgehead atoms. The molecule has 3 aromatic carbocycles. The molecule has 0 aliphatic rings. The van der Waals surface area contributed by atoms with Gasteiger partial charge in [-0.3, -0.25) is 0 Å². The minimum Gasteiger partial charge on any atom is -0.497 e. The summed E-state index contributed by atoms with van der Waals surface area (Å²) in [5.41, 5.74) is 3.68. The predicted octanol–water partition coefficient (Wildman–Crippen LogP) is 3.54. The molecule has 0 radical (unpaired) electrons. The molecule has 0 aromatic heterocycles. The van der Waals surface area contributed by atoms with Crippen molar-refractivity contribution in [1.29, 1.82) is 0 Å². The number of methoxy groups -OCH3 is 1. The number of rotatable bonds is 8. The summed E-state index contributed by atoms with van der Waals surface area (Å²) in [7, 11) is 1.69. The van der Waals surface area contributed by atoms with Gasteiger partial charge in [0, 0.05) is 11.1 Å². The van der Waals surface area contributed by atoms with E-state index >= 15 is 0 Å². The lowest BCUT2D eigenvalue weighted by Gasteiger charge is -2.11. The molecule has 0 spiro atoms. The average Bonchev–Trinajstić information content (AvgIpc) is 2.68. The first-order chi connectivity index (χ1) is 12.3. The Balaban J connectivity index is 1.55. The van der Waals surface area contributed by atoms with E-state index in [4.69, 9.17) is 9.47 Å². The van der Waals surface area contributed by atoms with Crippen LogP contribution in [-0.4, -0.2) is 7.11 Å². The van der Waals surface area contributed by atoms with Crippen LogP contribution in [-0.2, 0) is 19.7 Å². The number of quaternary nitrogens is 1. The van der Waals surface area contributed by atoms with Crippen molar-refractivity contribution in [2.75, 3.05) is 7.11 Å². The van der Waals surface area contributed by atoms with Crippen LogP contribution in [0.15, 0.2) is 78.9 Å². The van der Waals surface area contributed by atoms with Gasteiger partial charge in [0.05, 0.1) is 7.11 Å². The van der Waals surface area contributed by atoms with Crippen LogP contribution in [0, 0.1) is 0 Å². The second-order valence-corrected chi connectivity index (χ2v) is 5.93. The van der Waals surface area contributed by atoms with Gasteiger partial charge in [0.2, 0.25) is 0 Å². The zero-order valence-electron chi connectivity index (χ0n) is 14.5. The number of hydrogen-bond donors (Lipinski definition) is 1. The molecule has 3 aromatic rings. The summed E-state index contributed by atoms with van der Waals surface area (Å²) in [6.45, 7) is 2.41. The smallest absolute Gasteiger partial charge is 0.128 e. The fourth-order valence-corrected chi connectivity index (χ4v) is 2.70. The molecule has 0 saturated carbocycles. The Kier molecular flexibility index (Phi) is 6.07. The van der Waals surface area contributed by atoms with E-state index in [1.807, 2.05) is 42.5 Å². The Morgan fingerprint density at radius 3 is 2.20 bits per heavy atom. The minimum atomic E-state index is 0.594. The van der Waals surface area contributed by atoms with Crippen molar-refractivity contribution < 1.29 is 14.8 Å². The van der Waals surface area contributed by atoms with Gasteiger partial charge in [-0.25, -0.2) is 0 Å². The van der Waals surface area contributed by atoms with Gasteiger partial charge < -0.3 is 14.8 Å². The van der Waals surface area contributed by atoms with Gasteiger partial charge in [-0.15, -0.1) is 0 Å². The lowest BCUT2D eigenvalue weighted by molar-refractivity contribution is -0.686. The van der Waals surface area contributed by atoms with Gasteiger partial charge in [0.1, 0.15) is 31.2 Å². The molecule has 3 nitrogen and oxygen atoms in total. The first-order valence-corrected chi connectivity index (χ1v) is 8.54. The number of nitrogens with two attached hydrogens (primary N) is 1. The van der Waals surface area contributed by atoms with Crippen LogP contribution < -0.4 is 14.8 Å². The maximum atomic E-state index is 6.02. The Morgan fingerprint density at radius 2 is 1.44 bits per heavy atom. The number of ether oxygens (including phenoxy) is 2. The van der Waals surface area contributed by atoms with Crippen LogP contribution >= 0.6 is 0 Å². The molecule has 0 atom stereocenters. The Morgan fingerprint density at radius 1 is 0.720 bits per heavy atom. The third-order valence-corrected chi connectivity index (χ3v) is 4.11. The van der Waals surface area contributed by atoms with Crippen molar-refractivity contribution in [3.63, 3.8) is 0 Å². The van der Waals surface area contributed by atoms with Crippen molar-refractivity contribution in [3.8, 4) is 11.5 Å². The summed E-state index contributed by atoms with van der Waals surface area (Å²) < 4.78 is 11.2. The van der Waals surface area contributed by atoms with E-state index in [0.29, 0.717) is 6.61 Å². The van der Waals surface area contributed by atoms with Gasteiger partial charge in [-0.1, -0.05) is 42.5 Å².